The SMILES string of the molecule is Cc1ccc(C)c(NC(=O)[C@@H](C)OC(=O)CCN2C(=O)COc3ccccc32)c1. The van der Waals surface area contributed by atoms with E-state index in [2.05, 4.69) is 5.32 Å². The van der Waals surface area contributed by atoms with E-state index in [0.29, 0.717) is 17.1 Å². The zero-order valence-electron chi connectivity index (χ0n) is 16.7. The fourth-order valence-corrected chi connectivity index (χ4v) is 3.02. The number of hydrogen-bond acceptors (Lipinski definition) is 5. The highest BCUT2D eigenvalue weighted by Gasteiger charge is 2.26. The Hall–Kier alpha value is -3.35. The molecule has 3 rings (SSSR count). The first-order valence-corrected chi connectivity index (χ1v) is 9.45. The maximum Gasteiger partial charge on any atom is 0.308 e. The maximum absolute atomic E-state index is 12.4. The molecule has 7 nitrogen and oxygen atoms in total. The van der Waals surface area contributed by atoms with Crippen LogP contribution < -0.4 is 15.0 Å². The summed E-state index contributed by atoms with van der Waals surface area (Å²) < 4.78 is 10.6. The summed E-state index contributed by atoms with van der Waals surface area (Å²) in [5, 5.41) is 2.78. The van der Waals surface area contributed by atoms with Crippen molar-refractivity contribution in [3.05, 3.63) is 53.6 Å². The van der Waals surface area contributed by atoms with E-state index in [0.717, 1.165) is 11.1 Å². The van der Waals surface area contributed by atoms with Crippen LogP contribution in [0.15, 0.2) is 42.5 Å². The molecule has 0 bridgehead atoms. The summed E-state index contributed by atoms with van der Waals surface area (Å²) in [6.07, 6.45) is -0.976. The van der Waals surface area contributed by atoms with Gasteiger partial charge in [0, 0.05) is 12.2 Å². The molecule has 1 heterocycles. The number of amides is 2. The van der Waals surface area contributed by atoms with E-state index in [1.165, 1.54) is 11.8 Å². The van der Waals surface area contributed by atoms with Crippen molar-refractivity contribution in [2.45, 2.75) is 33.3 Å². The van der Waals surface area contributed by atoms with Crippen molar-refractivity contribution in [1.82, 2.24) is 0 Å². The number of benzene rings is 2. The quantitative estimate of drug-likeness (QED) is 0.759. The molecule has 0 fully saturated rings. The molecule has 0 radical (unpaired) electrons. The summed E-state index contributed by atoms with van der Waals surface area (Å²) in [7, 11) is 0. The van der Waals surface area contributed by atoms with Crippen LogP contribution in [-0.2, 0) is 19.1 Å². The predicted octanol–water partition coefficient (Wildman–Crippen LogP) is 2.99. The lowest BCUT2D eigenvalue weighted by molar-refractivity contribution is -0.153. The van der Waals surface area contributed by atoms with Crippen molar-refractivity contribution in [1.29, 1.82) is 0 Å². The molecule has 7 heteroatoms. The first-order chi connectivity index (χ1) is 13.8. The van der Waals surface area contributed by atoms with Crippen LogP contribution in [0.4, 0.5) is 11.4 Å². The zero-order valence-corrected chi connectivity index (χ0v) is 16.7. The van der Waals surface area contributed by atoms with Gasteiger partial charge in [0.1, 0.15) is 5.75 Å². The number of esters is 1. The summed E-state index contributed by atoms with van der Waals surface area (Å²) >= 11 is 0. The average molecular weight is 396 g/mol. The second-order valence-corrected chi connectivity index (χ2v) is 6.99. The second kappa shape index (κ2) is 8.77. The molecular formula is C22H24N2O5. The van der Waals surface area contributed by atoms with Gasteiger partial charge in [0.2, 0.25) is 0 Å². The van der Waals surface area contributed by atoms with Crippen molar-refractivity contribution in [2.24, 2.45) is 0 Å². The number of carbonyl (C=O) groups is 3. The van der Waals surface area contributed by atoms with Crippen molar-refractivity contribution in [2.75, 3.05) is 23.4 Å². The maximum atomic E-state index is 12.4. The molecule has 2 amide bonds. The Labute approximate surface area is 169 Å². The molecule has 152 valence electrons. The summed E-state index contributed by atoms with van der Waals surface area (Å²) in [5.41, 5.74) is 3.25. The number of anilines is 2. The lowest BCUT2D eigenvalue weighted by Gasteiger charge is -2.29. The van der Waals surface area contributed by atoms with E-state index in [-0.39, 0.29) is 25.5 Å². The third-order valence-corrected chi connectivity index (χ3v) is 4.68. The number of nitrogens with zero attached hydrogens (tertiary/aromatic N) is 1. The Morgan fingerprint density at radius 2 is 1.97 bits per heavy atom. The molecule has 2 aromatic carbocycles. The molecule has 0 spiro atoms. The molecule has 1 atom stereocenters. The third-order valence-electron chi connectivity index (χ3n) is 4.68. The number of aryl methyl sites for hydroxylation is 2. The molecular weight excluding hydrogens is 372 g/mol. The first-order valence-electron chi connectivity index (χ1n) is 9.45. The largest absolute Gasteiger partial charge is 0.482 e. The normalized spacial score (nSPS) is 13.9. The van der Waals surface area contributed by atoms with E-state index >= 15 is 0 Å². The van der Waals surface area contributed by atoms with Gasteiger partial charge in [0.15, 0.2) is 12.7 Å². The van der Waals surface area contributed by atoms with Crippen LogP contribution in [0.1, 0.15) is 24.5 Å². The Kier molecular flexibility index (Phi) is 6.16. The fourth-order valence-electron chi connectivity index (χ4n) is 3.02. The van der Waals surface area contributed by atoms with E-state index in [4.69, 9.17) is 9.47 Å². The minimum absolute atomic E-state index is 0.0266. The molecule has 2 aromatic rings. The van der Waals surface area contributed by atoms with Crippen molar-refractivity contribution in [3.63, 3.8) is 0 Å². The van der Waals surface area contributed by atoms with Gasteiger partial charge in [-0.15, -0.1) is 0 Å². The number of fused-ring (bicyclic) bond motifs is 1. The lowest BCUT2D eigenvalue weighted by Crippen LogP contribution is -2.40. The van der Waals surface area contributed by atoms with Crippen molar-refractivity contribution < 1.29 is 23.9 Å². The topological polar surface area (TPSA) is 84.9 Å². The van der Waals surface area contributed by atoms with Gasteiger partial charge in [-0.25, -0.2) is 0 Å². The van der Waals surface area contributed by atoms with E-state index < -0.39 is 18.0 Å². The Morgan fingerprint density at radius 1 is 1.21 bits per heavy atom. The van der Waals surface area contributed by atoms with Crippen LogP contribution in [0.2, 0.25) is 0 Å². The van der Waals surface area contributed by atoms with Crippen LogP contribution in [0.25, 0.3) is 0 Å². The monoisotopic (exact) mass is 396 g/mol. The molecule has 29 heavy (non-hydrogen) atoms. The van der Waals surface area contributed by atoms with Gasteiger partial charge in [-0.05, 0) is 50.1 Å². The number of carbonyl (C=O) groups excluding carboxylic acids is 3. The number of hydrogen-bond donors (Lipinski definition) is 1. The van der Waals surface area contributed by atoms with Crippen molar-refractivity contribution >= 4 is 29.2 Å². The van der Waals surface area contributed by atoms with Crippen LogP contribution >= 0.6 is 0 Å². The van der Waals surface area contributed by atoms with Crippen LogP contribution in [0.5, 0.6) is 5.75 Å². The minimum atomic E-state index is -0.949. The van der Waals surface area contributed by atoms with Crippen LogP contribution in [-0.4, -0.2) is 37.0 Å². The summed E-state index contributed by atoms with van der Waals surface area (Å²) in [6, 6.07) is 12.9. The highest BCUT2D eigenvalue weighted by molar-refractivity contribution is 5.98. The van der Waals surface area contributed by atoms with Crippen LogP contribution in [0, 0.1) is 13.8 Å². The van der Waals surface area contributed by atoms with Gasteiger partial charge >= 0.3 is 5.97 Å². The van der Waals surface area contributed by atoms with Gasteiger partial charge in [0.05, 0.1) is 12.1 Å². The number of nitrogens with one attached hydrogen (secondary N) is 1. The summed E-state index contributed by atoms with van der Waals surface area (Å²) in [4.78, 5) is 38.2. The highest BCUT2D eigenvalue weighted by atomic mass is 16.5. The molecule has 1 aliphatic heterocycles. The molecule has 0 aliphatic carbocycles. The first kappa shape index (κ1) is 20.4. The standard InChI is InChI=1S/C22H24N2O5/c1-14-8-9-15(2)17(12-14)23-22(27)16(3)29-21(26)10-11-24-18-6-4-5-7-19(18)28-13-20(24)25/h4-9,12,16H,10-11,13H2,1-3H3,(H,23,27)/t16-/m1/s1. The Bertz CT molecular complexity index is 941. The predicted molar refractivity (Wildman–Crippen MR) is 109 cm³/mol. The number of ether oxygens (including phenoxy) is 2. The highest BCUT2D eigenvalue weighted by Crippen LogP contribution is 2.31. The van der Waals surface area contributed by atoms with E-state index in [1.807, 2.05) is 38.1 Å². The lowest BCUT2D eigenvalue weighted by atomic mass is 10.1. The fraction of sp³-hybridized carbons (Fsp3) is 0.318. The number of rotatable bonds is 6. The van der Waals surface area contributed by atoms with E-state index in [9.17, 15) is 14.4 Å². The van der Waals surface area contributed by atoms with Gasteiger partial charge in [0.25, 0.3) is 11.8 Å². The van der Waals surface area contributed by atoms with Gasteiger partial charge < -0.3 is 19.7 Å². The Morgan fingerprint density at radius 3 is 2.76 bits per heavy atom. The van der Waals surface area contributed by atoms with Crippen LogP contribution in [0.3, 0.4) is 0 Å². The molecule has 1 aliphatic rings. The summed E-state index contributed by atoms with van der Waals surface area (Å²) in [5.74, 6) is -0.579. The van der Waals surface area contributed by atoms with Gasteiger partial charge in [-0.2, -0.15) is 0 Å². The molecule has 0 unspecified atom stereocenters. The molecule has 0 saturated heterocycles. The zero-order chi connectivity index (χ0) is 21.0. The van der Waals surface area contributed by atoms with Crippen molar-refractivity contribution in [3.8, 4) is 5.75 Å². The molecule has 1 N–H and O–H groups in total. The average Bonchev–Trinajstić information content (AvgIpc) is 2.69. The number of para-hydroxylation sites is 2. The van der Waals surface area contributed by atoms with E-state index in [1.54, 1.807) is 18.2 Å². The molecule has 0 saturated carbocycles. The minimum Gasteiger partial charge on any atom is -0.482 e. The summed E-state index contributed by atoms with van der Waals surface area (Å²) in [6.45, 7) is 5.43. The van der Waals surface area contributed by atoms with Gasteiger partial charge in [-0.1, -0.05) is 24.3 Å². The smallest absolute Gasteiger partial charge is 0.308 e. The molecule has 0 aromatic heterocycles. The second-order valence-electron chi connectivity index (χ2n) is 6.99. The Balaban J connectivity index is 1.54. The third kappa shape index (κ3) is 4.93. The van der Waals surface area contributed by atoms with Gasteiger partial charge in [-0.3, -0.25) is 14.4 Å².